The van der Waals surface area contributed by atoms with Crippen LogP contribution in [0.4, 0.5) is 10.1 Å². The molecule has 1 saturated heterocycles. The Morgan fingerprint density at radius 1 is 1.28 bits per heavy atom. The van der Waals surface area contributed by atoms with Gasteiger partial charge >= 0.3 is 0 Å². The van der Waals surface area contributed by atoms with Gasteiger partial charge in [0.15, 0.2) is 0 Å². The number of aliphatic hydroxyl groups is 1. The number of carbonyl (C=O) groups is 2. The third-order valence-electron chi connectivity index (χ3n) is 4.01. The highest BCUT2D eigenvalue weighted by molar-refractivity contribution is 6.03. The van der Waals surface area contributed by atoms with E-state index in [0.717, 1.165) is 18.7 Å². The van der Waals surface area contributed by atoms with E-state index >= 15 is 0 Å². The van der Waals surface area contributed by atoms with Crippen molar-refractivity contribution in [1.29, 1.82) is 0 Å². The first kappa shape index (κ1) is 17.0. The molecule has 1 aliphatic rings. The Bertz CT molecular complexity index is 779. The number of rotatable bonds is 3. The lowest BCUT2D eigenvalue weighted by Crippen LogP contribution is -2.42. The second-order valence-electron chi connectivity index (χ2n) is 5.94. The van der Waals surface area contributed by atoms with Crippen molar-refractivity contribution in [3.8, 4) is 0 Å². The van der Waals surface area contributed by atoms with Crippen molar-refractivity contribution in [2.75, 3.05) is 18.4 Å². The number of amides is 2. The Labute approximate surface area is 144 Å². The van der Waals surface area contributed by atoms with Crippen molar-refractivity contribution < 1.29 is 19.1 Å². The first-order valence-corrected chi connectivity index (χ1v) is 8.03. The normalized spacial score (nSPS) is 17.2. The van der Waals surface area contributed by atoms with Crippen molar-refractivity contribution in [1.82, 2.24) is 9.88 Å². The van der Waals surface area contributed by atoms with Crippen LogP contribution in [0.2, 0.25) is 0 Å². The lowest BCUT2D eigenvalue weighted by Gasteiger charge is -2.30. The van der Waals surface area contributed by atoms with E-state index in [1.54, 1.807) is 29.2 Å². The Hall–Kier alpha value is -2.80. The third-order valence-corrected chi connectivity index (χ3v) is 4.01. The fourth-order valence-electron chi connectivity index (χ4n) is 2.76. The Morgan fingerprint density at radius 2 is 2.12 bits per heavy atom. The monoisotopic (exact) mass is 343 g/mol. The smallest absolute Gasteiger partial charge is 0.274 e. The zero-order valence-electron chi connectivity index (χ0n) is 13.5. The van der Waals surface area contributed by atoms with E-state index in [-0.39, 0.29) is 11.6 Å². The molecule has 7 heteroatoms. The molecule has 0 bridgehead atoms. The highest BCUT2D eigenvalue weighted by Crippen LogP contribution is 2.17. The molecule has 25 heavy (non-hydrogen) atoms. The zero-order chi connectivity index (χ0) is 17.8. The summed E-state index contributed by atoms with van der Waals surface area (Å²) >= 11 is 0. The van der Waals surface area contributed by atoms with Crippen molar-refractivity contribution in [2.24, 2.45) is 0 Å². The third kappa shape index (κ3) is 4.19. The molecule has 3 rings (SSSR count). The van der Waals surface area contributed by atoms with Crippen LogP contribution in [0.3, 0.4) is 0 Å². The number of hydrogen-bond acceptors (Lipinski definition) is 4. The van der Waals surface area contributed by atoms with E-state index < -0.39 is 17.8 Å². The summed E-state index contributed by atoms with van der Waals surface area (Å²) in [4.78, 5) is 30.0. The minimum absolute atomic E-state index is 0.0808. The van der Waals surface area contributed by atoms with Crippen LogP contribution >= 0.6 is 0 Å². The van der Waals surface area contributed by atoms with E-state index in [4.69, 9.17) is 0 Å². The average Bonchev–Trinajstić information content (AvgIpc) is 2.62. The number of likely N-dealkylation sites (tertiary alicyclic amines) is 1. The Kier molecular flexibility index (Phi) is 5.04. The first-order valence-electron chi connectivity index (χ1n) is 8.03. The topological polar surface area (TPSA) is 82.5 Å². The van der Waals surface area contributed by atoms with Gasteiger partial charge in [0, 0.05) is 24.3 Å². The second-order valence-corrected chi connectivity index (χ2v) is 5.94. The number of anilines is 1. The lowest BCUT2D eigenvalue weighted by atomic mass is 10.1. The number of benzene rings is 1. The molecule has 2 aromatic rings. The second kappa shape index (κ2) is 7.40. The van der Waals surface area contributed by atoms with Gasteiger partial charge in [0.2, 0.25) is 0 Å². The maximum Gasteiger partial charge on any atom is 0.274 e. The van der Waals surface area contributed by atoms with Crippen molar-refractivity contribution in [3.63, 3.8) is 0 Å². The number of piperidine rings is 1. The van der Waals surface area contributed by atoms with Crippen LogP contribution < -0.4 is 5.32 Å². The van der Waals surface area contributed by atoms with E-state index in [9.17, 15) is 19.1 Å². The zero-order valence-corrected chi connectivity index (χ0v) is 13.5. The maximum atomic E-state index is 12.9. The fraction of sp³-hybridized carbons (Fsp3) is 0.278. The van der Waals surface area contributed by atoms with Gasteiger partial charge in [-0.15, -0.1) is 0 Å². The van der Waals surface area contributed by atoms with Crippen LogP contribution in [0, 0.1) is 5.82 Å². The molecule has 0 radical (unpaired) electrons. The summed E-state index contributed by atoms with van der Waals surface area (Å²) in [7, 11) is 0. The number of hydrogen-bond donors (Lipinski definition) is 2. The largest absolute Gasteiger partial charge is 0.391 e. The quantitative estimate of drug-likeness (QED) is 0.894. The number of nitrogens with zero attached hydrogens (tertiary/aromatic N) is 2. The number of nitrogens with one attached hydrogen (secondary N) is 1. The molecule has 1 atom stereocenters. The molecule has 1 aromatic heterocycles. The van der Waals surface area contributed by atoms with E-state index in [2.05, 4.69) is 10.3 Å². The predicted molar refractivity (Wildman–Crippen MR) is 89.7 cm³/mol. The summed E-state index contributed by atoms with van der Waals surface area (Å²) in [6.45, 7) is 0.918. The van der Waals surface area contributed by atoms with Gasteiger partial charge in [0.1, 0.15) is 11.5 Å². The molecule has 0 spiro atoms. The molecule has 0 saturated carbocycles. The molecule has 1 fully saturated rings. The van der Waals surface area contributed by atoms with Crippen LogP contribution in [0.15, 0.2) is 42.6 Å². The molecule has 1 aliphatic heterocycles. The Balaban J connectivity index is 1.71. The molecule has 6 nitrogen and oxygen atoms in total. The van der Waals surface area contributed by atoms with E-state index in [1.807, 2.05) is 0 Å². The summed E-state index contributed by atoms with van der Waals surface area (Å²) < 4.78 is 12.9. The molecular formula is C18H18FN3O3. The molecule has 0 unspecified atom stereocenters. The van der Waals surface area contributed by atoms with E-state index in [1.165, 1.54) is 6.07 Å². The fourth-order valence-corrected chi connectivity index (χ4v) is 2.76. The SMILES string of the molecule is O=C(Nc1cccc(C(=O)N2CCC[C@@H](O)C2)c1)c1ccc(F)cn1. The molecular weight excluding hydrogens is 325 g/mol. The molecule has 0 aliphatic carbocycles. The molecule has 2 heterocycles. The van der Waals surface area contributed by atoms with Crippen LogP contribution in [0.5, 0.6) is 0 Å². The maximum absolute atomic E-state index is 12.9. The minimum atomic E-state index is -0.520. The van der Waals surface area contributed by atoms with Crippen LogP contribution in [0.25, 0.3) is 0 Å². The number of carbonyl (C=O) groups excluding carboxylic acids is 2. The summed E-state index contributed by atoms with van der Waals surface area (Å²) in [5, 5.41) is 12.4. The molecule has 130 valence electrons. The van der Waals surface area contributed by atoms with Crippen molar-refractivity contribution >= 4 is 17.5 Å². The van der Waals surface area contributed by atoms with Crippen molar-refractivity contribution in [2.45, 2.75) is 18.9 Å². The number of β-amino-alcohol motifs (C(OH)–C–C–N with tert-alkyl or cyclic N) is 1. The first-order chi connectivity index (χ1) is 12.0. The van der Waals surface area contributed by atoms with E-state index in [0.29, 0.717) is 30.8 Å². The van der Waals surface area contributed by atoms with Crippen LogP contribution in [0.1, 0.15) is 33.7 Å². The van der Waals surface area contributed by atoms with Crippen LogP contribution in [-0.2, 0) is 0 Å². The van der Waals surface area contributed by atoms with Gasteiger partial charge in [-0.3, -0.25) is 9.59 Å². The van der Waals surface area contributed by atoms with Gasteiger partial charge in [-0.1, -0.05) is 6.07 Å². The summed E-state index contributed by atoms with van der Waals surface area (Å²) in [5.74, 6) is -1.19. The number of pyridine rings is 1. The van der Waals surface area contributed by atoms with Gasteiger partial charge in [0.25, 0.3) is 11.8 Å². The standard InChI is InChI=1S/C18H18FN3O3/c19-13-6-7-16(20-10-13)17(24)21-14-4-1-3-12(9-14)18(25)22-8-2-5-15(23)11-22/h1,3-4,6-7,9-10,15,23H,2,5,8,11H2,(H,21,24)/t15-/m1/s1. The number of aliphatic hydroxyl groups excluding tert-OH is 1. The summed E-state index contributed by atoms with van der Waals surface area (Å²) in [6, 6.07) is 9.00. The molecule has 2 N–H and O–H groups in total. The predicted octanol–water partition coefficient (Wildman–Crippen LogP) is 2.07. The number of halogens is 1. The van der Waals surface area contributed by atoms with Gasteiger partial charge < -0.3 is 15.3 Å². The summed E-state index contributed by atoms with van der Waals surface area (Å²) in [5.41, 5.74) is 0.954. The minimum Gasteiger partial charge on any atom is -0.391 e. The van der Waals surface area contributed by atoms with Crippen LogP contribution in [-0.4, -0.2) is 46.0 Å². The van der Waals surface area contributed by atoms with Gasteiger partial charge in [-0.25, -0.2) is 9.37 Å². The number of aromatic nitrogens is 1. The highest BCUT2D eigenvalue weighted by atomic mass is 19.1. The van der Waals surface area contributed by atoms with Gasteiger partial charge in [-0.2, -0.15) is 0 Å². The Morgan fingerprint density at radius 3 is 2.84 bits per heavy atom. The van der Waals surface area contributed by atoms with Gasteiger partial charge in [0.05, 0.1) is 12.3 Å². The highest BCUT2D eigenvalue weighted by Gasteiger charge is 2.23. The van der Waals surface area contributed by atoms with Crippen molar-refractivity contribution in [3.05, 3.63) is 59.7 Å². The average molecular weight is 343 g/mol. The molecule has 1 aromatic carbocycles. The van der Waals surface area contributed by atoms with Gasteiger partial charge in [-0.05, 0) is 43.2 Å². The molecule has 2 amide bonds. The lowest BCUT2D eigenvalue weighted by molar-refractivity contribution is 0.0474. The summed E-state index contributed by atoms with van der Waals surface area (Å²) in [6.07, 6.45) is 1.94.